The topological polar surface area (TPSA) is 82.8 Å². The lowest BCUT2D eigenvalue weighted by Gasteiger charge is -2.15. The first-order valence-electron chi connectivity index (χ1n) is 7.95. The molecule has 25 heavy (non-hydrogen) atoms. The van der Waals surface area contributed by atoms with Crippen LogP contribution in [0.3, 0.4) is 0 Å². The van der Waals surface area contributed by atoms with E-state index in [0.717, 1.165) is 11.1 Å². The third-order valence-corrected chi connectivity index (χ3v) is 3.90. The van der Waals surface area contributed by atoms with Crippen LogP contribution in [0.1, 0.15) is 23.6 Å². The Kier molecular flexibility index (Phi) is 6.65. The van der Waals surface area contributed by atoms with Crippen molar-refractivity contribution in [3.63, 3.8) is 0 Å². The van der Waals surface area contributed by atoms with Gasteiger partial charge in [0.2, 0.25) is 5.91 Å². The number of nitrogens with one attached hydrogen (secondary N) is 1. The third-order valence-electron chi connectivity index (χ3n) is 3.90. The van der Waals surface area contributed by atoms with Crippen molar-refractivity contribution < 1.29 is 19.0 Å². The van der Waals surface area contributed by atoms with E-state index in [0.29, 0.717) is 23.8 Å². The first kappa shape index (κ1) is 18.6. The molecule has 0 aromatic heterocycles. The van der Waals surface area contributed by atoms with Gasteiger partial charge in [0.05, 0.1) is 21.3 Å². The number of carbonyl (C=O) groups is 1. The van der Waals surface area contributed by atoms with Gasteiger partial charge in [0.25, 0.3) is 0 Å². The van der Waals surface area contributed by atoms with E-state index < -0.39 is 0 Å². The van der Waals surface area contributed by atoms with Crippen molar-refractivity contribution in [1.82, 2.24) is 5.32 Å². The molecule has 1 atom stereocenters. The van der Waals surface area contributed by atoms with Crippen LogP contribution >= 0.6 is 0 Å². The summed E-state index contributed by atoms with van der Waals surface area (Å²) in [5, 5.41) is 2.87. The molecule has 6 nitrogen and oxygen atoms in total. The summed E-state index contributed by atoms with van der Waals surface area (Å²) < 4.78 is 15.9. The van der Waals surface area contributed by atoms with Crippen molar-refractivity contribution in [3.05, 3.63) is 53.6 Å². The number of hydrogen-bond acceptors (Lipinski definition) is 5. The quantitative estimate of drug-likeness (QED) is 0.768. The molecule has 0 saturated heterocycles. The maximum atomic E-state index is 12.2. The predicted molar refractivity (Wildman–Crippen MR) is 95.9 cm³/mol. The second kappa shape index (κ2) is 8.94. The molecule has 0 radical (unpaired) electrons. The van der Waals surface area contributed by atoms with Gasteiger partial charge in [-0.1, -0.05) is 30.3 Å². The van der Waals surface area contributed by atoms with Crippen LogP contribution in [-0.4, -0.2) is 27.2 Å². The summed E-state index contributed by atoms with van der Waals surface area (Å²) in [5.41, 5.74) is 7.81. The van der Waals surface area contributed by atoms with Gasteiger partial charge in [-0.05, 0) is 11.6 Å². The van der Waals surface area contributed by atoms with Crippen molar-refractivity contribution in [1.29, 1.82) is 0 Å². The molecular weight excluding hydrogens is 320 g/mol. The molecule has 0 saturated carbocycles. The number of methoxy groups -OCH3 is 3. The van der Waals surface area contributed by atoms with Crippen LogP contribution in [0.5, 0.6) is 17.2 Å². The summed E-state index contributed by atoms with van der Waals surface area (Å²) >= 11 is 0. The second-order valence-electron chi connectivity index (χ2n) is 5.52. The Labute approximate surface area is 147 Å². The number of carbonyl (C=O) groups excluding carboxylic acids is 1. The molecule has 2 aromatic rings. The number of ether oxygens (including phenoxy) is 3. The molecular formula is C19H24N2O4. The maximum Gasteiger partial charge on any atom is 0.222 e. The van der Waals surface area contributed by atoms with Crippen LogP contribution in [0.15, 0.2) is 42.5 Å². The first-order chi connectivity index (χ1) is 12.1. The van der Waals surface area contributed by atoms with Gasteiger partial charge in [-0.2, -0.15) is 0 Å². The number of hydrogen-bond donors (Lipinski definition) is 2. The SMILES string of the molecule is COc1cc(OC)c(OC)cc1CNC(=O)CC(N)c1ccccc1. The molecule has 0 aliphatic carbocycles. The van der Waals surface area contributed by atoms with Gasteiger partial charge >= 0.3 is 0 Å². The van der Waals surface area contributed by atoms with Crippen LogP contribution < -0.4 is 25.3 Å². The fourth-order valence-electron chi connectivity index (χ4n) is 2.51. The van der Waals surface area contributed by atoms with Crippen molar-refractivity contribution in [2.45, 2.75) is 19.0 Å². The highest BCUT2D eigenvalue weighted by molar-refractivity contribution is 5.77. The van der Waals surface area contributed by atoms with Crippen molar-refractivity contribution in [2.75, 3.05) is 21.3 Å². The van der Waals surface area contributed by atoms with Gasteiger partial charge in [-0.15, -0.1) is 0 Å². The zero-order valence-electron chi connectivity index (χ0n) is 14.7. The Balaban J connectivity index is 2.01. The molecule has 0 aliphatic rings. The Hall–Kier alpha value is -2.73. The van der Waals surface area contributed by atoms with E-state index in [2.05, 4.69) is 5.32 Å². The van der Waals surface area contributed by atoms with Crippen LogP contribution in [0.2, 0.25) is 0 Å². The van der Waals surface area contributed by atoms with Crippen molar-refractivity contribution in [2.24, 2.45) is 5.73 Å². The van der Waals surface area contributed by atoms with E-state index in [-0.39, 0.29) is 18.4 Å². The largest absolute Gasteiger partial charge is 0.496 e. The molecule has 0 aliphatic heterocycles. The van der Waals surface area contributed by atoms with E-state index in [1.54, 1.807) is 33.5 Å². The van der Waals surface area contributed by atoms with Gasteiger partial charge in [0.15, 0.2) is 11.5 Å². The average molecular weight is 344 g/mol. The highest BCUT2D eigenvalue weighted by atomic mass is 16.5. The second-order valence-corrected chi connectivity index (χ2v) is 5.52. The lowest BCUT2D eigenvalue weighted by Crippen LogP contribution is -2.27. The van der Waals surface area contributed by atoms with Crippen molar-refractivity contribution in [3.8, 4) is 17.2 Å². The van der Waals surface area contributed by atoms with E-state index in [9.17, 15) is 4.79 Å². The average Bonchev–Trinajstić information content (AvgIpc) is 2.66. The number of amides is 1. The van der Waals surface area contributed by atoms with E-state index >= 15 is 0 Å². The lowest BCUT2D eigenvalue weighted by molar-refractivity contribution is -0.121. The normalized spacial score (nSPS) is 11.5. The molecule has 0 bridgehead atoms. The molecule has 1 amide bonds. The zero-order valence-corrected chi connectivity index (χ0v) is 14.7. The molecule has 0 fully saturated rings. The molecule has 3 N–H and O–H groups in total. The van der Waals surface area contributed by atoms with E-state index in [1.165, 1.54) is 0 Å². The summed E-state index contributed by atoms with van der Waals surface area (Å²) in [6.45, 7) is 0.309. The van der Waals surface area contributed by atoms with Crippen LogP contribution in [0, 0.1) is 0 Å². The van der Waals surface area contributed by atoms with Gasteiger partial charge < -0.3 is 25.3 Å². The highest BCUT2D eigenvalue weighted by Gasteiger charge is 2.14. The Bertz CT molecular complexity index is 704. The minimum Gasteiger partial charge on any atom is -0.496 e. The lowest BCUT2D eigenvalue weighted by atomic mass is 10.0. The monoisotopic (exact) mass is 344 g/mol. The molecule has 2 rings (SSSR count). The van der Waals surface area contributed by atoms with Crippen LogP contribution in [-0.2, 0) is 11.3 Å². The summed E-state index contributed by atoms with van der Waals surface area (Å²) in [6.07, 6.45) is 0.208. The maximum absolute atomic E-state index is 12.2. The number of benzene rings is 2. The number of nitrogens with two attached hydrogens (primary N) is 1. The van der Waals surface area contributed by atoms with Gasteiger partial charge in [0.1, 0.15) is 5.75 Å². The van der Waals surface area contributed by atoms with E-state index in [4.69, 9.17) is 19.9 Å². The van der Waals surface area contributed by atoms with Crippen LogP contribution in [0.25, 0.3) is 0 Å². The fraction of sp³-hybridized carbons (Fsp3) is 0.316. The Morgan fingerprint density at radius 3 is 2.20 bits per heavy atom. The van der Waals surface area contributed by atoms with Crippen LogP contribution in [0.4, 0.5) is 0 Å². The summed E-state index contributed by atoms with van der Waals surface area (Å²) in [6, 6.07) is 12.7. The molecule has 0 heterocycles. The smallest absolute Gasteiger partial charge is 0.222 e. The summed E-state index contributed by atoms with van der Waals surface area (Å²) in [5.74, 6) is 1.63. The Morgan fingerprint density at radius 2 is 1.60 bits per heavy atom. The molecule has 0 spiro atoms. The van der Waals surface area contributed by atoms with Crippen molar-refractivity contribution >= 4 is 5.91 Å². The number of rotatable bonds is 8. The van der Waals surface area contributed by atoms with Gasteiger partial charge in [0, 0.05) is 30.6 Å². The minimum atomic E-state index is -0.339. The fourth-order valence-corrected chi connectivity index (χ4v) is 2.51. The van der Waals surface area contributed by atoms with E-state index in [1.807, 2.05) is 30.3 Å². The third kappa shape index (κ3) is 4.87. The summed E-state index contributed by atoms with van der Waals surface area (Å²) in [4.78, 5) is 12.2. The molecule has 1 unspecified atom stereocenters. The standard InChI is InChI=1S/C19H24N2O4/c1-23-16-11-18(25-3)17(24-2)9-14(16)12-21-19(22)10-15(20)13-7-5-4-6-8-13/h4-9,11,15H,10,12,20H2,1-3H3,(H,21,22). The predicted octanol–water partition coefficient (Wildman–Crippen LogP) is 2.42. The highest BCUT2D eigenvalue weighted by Crippen LogP contribution is 2.34. The van der Waals surface area contributed by atoms with Gasteiger partial charge in [-0.25, -0.2) is 0 Å². The zero-order chi connectivity index (χ0) is 18.2. The molecule has 134 valence electrons. The molecule has 2 aromatic carbocycles. The Morgan fingerprint density at radius 1 is 1.00 bits per heavy atom. The molecule has 6 heteroatoms. The first-order valence-corrected chi connectivity index (χ1v) is 7.95. The van der Waals surface area contributed by atoms with Gasteiger partial charge in [-0.3, -0.25) is 4.79 Å². The summed E-state index contributed by atoms with van der Waals surface area (Å²) in [7, 11) is 4.69. The minimum absolute atomic E-state index is 0.131.